The summed E-state index contributed by atoms with van der Waals surface area (Å²) >= 11 is 0. The molecule has 0 radical (unpaired) electrons. The van der Waals surface area contributed by atoms with Crippen LogP contribution in [-0.2, 0) is 14.8 Å². The van der Waals surface area contributed by atoms with Crippen LogP contribution in [0.3, 0.4) is 0 Å². The van der Waals surface area contributed by atoms with Gasteiger partial charge >= 0.3 is 5.97 Å². The second-order valence-electron chi connectivity index (χ2n) is 11.9. The molecular formula is C35H46N10O7S. The normalized spacial score (nSPS) is 11.9. The number of benzene rings is 2. The average Bonchev–Trinajstić information content (AvgIpc) is 3.09. The number of rotatable bonds is 20. The summed E-state index contributed by atoms with van der Waals surface area (Å²) in [7, 11) is -4.27. The molecule has 18 heteroatoms. The van der Waals surface area contributed by atoms with E-state index < -0.39 is 34.5 Å². The number of nitrogens with two attached hydrogens (primary N) is 2. The zero-order chi connectivity index (χ0) is 39.1. The van der Waals surface area contributed by atoms with E-state index in [1.165, 1.54) is 30.6 Å². The van der Waals surface area contributed by atoms with Gasteiger partial charge in [0.25, 0.3) is 11.8 Å². The lowest BCUT2D eigenvalue weighted by Crippen LogP contribution is -2.48. The second-order valence-corrected chi connectivity index (χ2v) is 13.5. The molecule has 0 bridgehead atoms. The van der Waals surface area contributed by atoms with Gasteiger partial charge in [-0.3, -0.25) is 19.4 Å². The van der Waals surface area contributed by atoms with Crippen LogP contribution < -0.4 is 42.2 Å². The molecule has 53 heavy (non-hydrogen) atoms. The molecule has 0 saturated heterocycles. The molecular weight excluding hydrogens is 705 g/mol. The SMILES string of the molecule is C=CNC(N)=NCCCNc1c(C=N)cc(C(=O)NCC(NS(=O)(=O)c2c(C)cc(C)cc2C)C(=O)O)cc1OCCCNC(=O)c1ccc(N)nc1. The van der Waals surface area contributed by atoms with Crippen molar-refractivity contribution in [3.8, 4) is 5.75 Å². The van der Waals surface area contributed by atoms with E-state index in [4.69, 9.17) is 21.6 Å². The van der Waals surface area contributed by atoms with E-state index in [9.17, 15) is 27.9 Å². The first-order valence-corrected chi connectivity index (χ1v) is 18.0. The molecule has 0 fully saturated rings. The van der Waals surface area contributed by atoms with Gasteiger partial charge in [0.05, 0.1) is 22.8 Å². The highest BCUT2D eigenvalue weighted by atomic mass is 32.2. The van der Waals surface area contributed by atoms with Crippen LogP contribution in [0.4, 0.5) is 11.5 Å². The molecule has 0 saturated carbocycles. The number of nitrogens with zero attached hydrogens (tertiary/aromatic N) is 2. The van der Waals surface area contributed by atoms with Gasteiger partial charge in [-0.25, -0.2) is 13.4 Å². The number of aromatic nitrogens is 1. The van der Waals surface area contributed by atoms with Gasteiger partial charge in [-0.2, -0.15) is 4.72 Å². The molecule has 1 atom stereocenters. The van der Waals surface area contributed by atoms with Crippen LogP contribution in [0.15, 0.2) is 65.3 Å². The number of carbonyl (C=O) groups is 3. The highest BCUT2D eigenvalue weighted by molar-refractivity contribution is 7.89. The van der Waals surface area contributed by atoms with E-state index in [0.717, 1.165) is 11.8 Å². The first kappa shape index (κ1) is 41.4. The Morgan fingerprint density at radius 1 is 1.04 bits per heavy atom. The molecule has 0 aliphatic rings. The van der Waals surface area contributed by atoms with Gasteiger partial charge in [0.15, 0.2) is 5.96 Å². The summed E-state index contributed by atoms with van der Waals surface area (Å²) in [5.41, 5.74) is 14.1. The molecule has 3 rings (SSSR count). The molecule has 2 aromatic carbocycles. The quantitative estimate of drug-likeness (QED) is 0.0454. The maximum absolute atomic E-state index is 13.4. The van der Waals surface area contributed by atoms with Crippen LogP contribution in [0.2, 0.25) is 0 Å². The topological polar surface area (TPSA) is 276 Å². The van der Waals surface area contributed by atoms with E-state index in [1.807, 2.05) is 6.92 Å². The van der Waals surface area contributed by atoms with E-state index in [2.05, 4.69) is 42.5 Å². The predicted octanol–water partition coefficient (Wildman–Crippen LogP) is 1.80. The Morgan fingerprint density at radius 3 is 2.36 bits per heavy atom. The van der Waals surface area contributed by atoms with E-state index in [0.29, 0.717) is 48.3 Å². The number of hydrogen-bond acceptors (Lipinski definition) is 11. The first-order valence-electron chi connectivity index (χ1n) is 16.5. The number of hydrogen-bond donors (Lipinski definition) is 9. The Bertz CT molecular complexity index is 1930. The number of aryl methyl sites for hydroxylation is 3. The number of carboxylic acid groups (broad SMARTS) is 1. The fourth-order valence-electron chi connectivity index (χ4n) is 5.24. The molecule has 3 aromatic rings. The van der Waals surface area contributed by atoms with Crippen molar-refractivity contribution in [3.05, 3.63) is 88.8 Å². The number of guanidine groups is 1. The fourth-order valence-corrected chi connectivity index (χ4v) is 6.88. The number of nitrogen functional groups attached to an aromatic ring is 1. The standard InChI is InChI=1S/C35H46N10O7S/c1-5-39-35(38)42-11-6-10-40-30-26(18-36)16-25(17-28(30)52-13-7-12-41-32(46)24-8-9-29(37)43-19-24)33(47)44-20-27(34(48)49)45-53(50,51)31-22(3)14-21(2)15-23(31)4/h5,8-9,14-19,27,36,40,45H,1,6-7,10-13,20H2,2-4H3,(H2,37,43)(H,41,46)(H,44,47)(H,48,49)(H3,38,39,42). The Labute approximate surface area is 308 Å². The number of aliphatic carboxylic acids is 1. The van der Waals surface area contributed by atoms with Gasteiger partial charge < -0.3 is 48.0 Å². The highest BCUT2D eigenvalue weighted by Crippen LogP contribution is 2.30. The van der Waals surface area contributed by atoms with Crippen LogP contribution in [-0.4, -0.2) is 87.3 Å². The Hall–Kier alpha value is -6.01. The van der Waals surface area contributed by atoms with Crippen molar-refractivity contribution < 1.29 is 32.6 Å². The molecule has 0 aliphatic heterocycles. The number of pyridine rings is 1. The van der Waals surface area contributed by atoms with Crippen LogP contribution >= 0.6 is 0 Å². The van der Waals surface area contributed by atoms with E-state index in [-0.39, 0.29) is 52.6 Å². The number of carbonyl (C=O) groups excluding carboxylic acids is 2. The van der Waals surface area contributed by atoms with Crippen LogP contribution in [0.5, 0.6) is 5.75 Å². The van der Waals surface area contributed by atoms with E-state index in [1.54, 1.807) is 32.0 Å². The number of carboxylic acids is 1. The van der Waals surface area contributed by atoms with Crippen molar-refractivity contribution in [1.82, 2.24) is 25.7 Å². The zero-order valence-electron chi connectivity index (χ0n) is 29.8. The lowest BCUT2D eigenvalue weighted by atomic mass is 10.1. The fraction of sp³-hybridized carbons (Fsp3) is 0.314. The molecule has 1 aromatic heterocycles. The minimum atomic E-state index is -4.27. The van der Waals surface area contributed by atoms with Crippen LogP contribution in [0, 0.1) is 26.2 Å². The monoisotopic (exact) mass is 750 g/mol. The molecule has 1 heterocycles. The molecule has 1 unspecified atom stereocenters. The Morgan fingerprint density at radius 2 is 1.74 bits per heavy atom. The van der Waals surface area contributed by atoms with Gasteiger partial charge in [-0.15, -0.1) is 0 Å². The maximum Gasteiger partial charge on any atom is 0.323 e. The minimum absolute atomic E-state index is 0.0262. The van der Waals surface area contributed by atoms with Crippen LogP contribution in [0.1, 0.15) is 55.8 Å². The summed E-state index contributed by atoms with van der Waals surface area (Å²) in [6, 6.07) is 7.58. The Balaban J connectivity index is 1.76. The minimum Gasteiger partial charge on any atom is -0.491 e. The predicted molar refractivity (Wildman–Crippen MR) is 203 cm³/mol. The molecule has 17 nitrogen and oxygen atoms in total. The van der Waals surface area contributed by atoms with Gasteiger partial charge in [0.2, 0.25) is 10.0 Å². The second kappa shape index (κ2) is 19.6. The average molecular weight is 751 g/mol. The van der Waals surface area contributed by atoms with Crippen molar-refractivity contribution in [2.24, 2.45) is 10.7 Å². The number of amides is 2. The van der Waals surface area contributed by atoms with Crippen molar-refractivity contribution in [2.45, 2.75) is 44.6 Å². The van der Waals surface area contributed by atoms with Crippen molar-refractivity contribution in [1.29, 1.82) is 5.41 Å². The Kier molecular flexibility index (Phi) is 15.3. The van der Waals surface area contributed by atoms with Gasteiger partial charge in [0.1, 0.15) is 17.6 Å². The lowest BCUT2D eigenvalue weighted by Gasteiger charge is -2.19. The molecule has 0 aliphatic carbocycles. The summed E-state index contributed by atoms with van der Waals surface area (Å²) < 4.78 is 34.7. The highest BCUT2D eigenvalue weighted by Gasteiger charge is 2.28. The van der Waals surface area contributed by atoms with E-state index >= 15 is 0 Å². The summed E-state index contributed by atoms with van der Waals surface area (Å²) in [6.07, 6.45) is 4.71. The zero-order valence-corrected chi connectivity index (χ0v) is 30.6. The third-order valence-corrected chi connectivity index (χ3v) is 9.34. The third-order valence-electron chi connectivity index (χ3n) is 7.57. The number of nitrogens with one attached hydrogen (secondary N) is 6. The van der Waals surface area contributed by atoms with Crippen LogP contribution in [0.25, 0.3) is 0 Å². The first-order chi connectivity index (χ1) is 25.2. The van der Waals surface area contributed by atoms with Crippen molar-refractivity contribution >= 4 is 51.5 Å². The largest absolute Gasteiger partial charge is 0.491 e. The lowest BCUT2D eigenvalue weighted by molar-refractivity contribution is -0.138. The molecule has 0 spiro atoms. The van der Waals surface area contributed by atoms with Gasteiger partial charge in [-0.05, 0) is 75.2 Å². The maximum atomic E-state index is 13.4. The summed E-state index contributed by atoms with van der Waals surface area (Å²) in [6.45, 7) is 9.11. The number of aliphatic imine (C=N–C) groups is 1. The molecule has 284 valence electrons. The number of anilines is 2. The number of ether oxygens (including phenoxy) is 1. The third kappa shape index (κ3) is 12.3. The van der Waals surface area contributed by atoms with Crippen molar-refractivity contribution in [2.75, 3.05) is 43.8 Å². The van der Waals surface area contributed by atoms with Gasteiger partial charge in [0, 0.05) is 49.7 Å². The summed E-state index contributed by atoms with van der Waals surface area (Å²) in [5.74, 6) is -1.87. The van der Waals surface area contributed by atoms with Crippen molar-refractivity contribution in [3.63, 3.8) is 0 Å². The smallest absolute Gasteiger partial charge is 0.323 e. The van der Waals surface area contributed by atoms with Gasteiger partial charge in [-0.1, -0.05) is 24.3 Å². The molecule has 2 amide bonds. The molecule has 11 N–H and O–H groups in total. The number of sulfonamides is 1. The summed E-state index contributed by atoms with van der Waals surface area (Å²) in [4.78, 5) is 46.0. The summed E-state index contributed by atoms with van der Waals surface area (Å²) in [5, 5.41) is 29.0.